The molecule has 2 atom stereocenters. The summed E-state index contributed by atoms with van der Waals surface area (Å²) < 4.78 is 14.0. The second-order valence-corrected chi connectivity index (χ2v) is 7.56. The quantitative estimate of drug-likeness (QED) is 0.795. The van der Waals surface area contributed by atoms with Crippen LogP contribution < -0.4 is 0 Å². The highest BCUT2D eigenvalue weighted by Crippen LogP contribution is 2.45. The lowest BCUT2D eigenvalue weighted by atomic mass is 9.74. The van der Waals surface area contributed by atoms with Gasteiger partial charge in [0, 0.05) is 12.5 Å². The number of aliphatic hydroxyl groups is 1. The molecule has 0 amide bonds. The summed E-state index contributed by atoms with van der Waals surface area (Å²) in [6.07, 6.45) is 5.96. The number of hydrogen-bond acceptors (Lipinski definition) is 2. The lowest BCUT2D eigenvalue weighted by molar-refractivity contribution is 0.000251. The Bertz CT molecular complexity index is 756. The highest BCUT2D eigenvalue weighted by molar-refractivity contribution is 5.57. The van der Waals surface area contributed by atoms with E-state index in [1.165, 1.54) is 12.1 Å². The van der Waals surface area contributed by atoms with Gasteiger partial charge in [0.15, 0.2) is 0 Å². The molecule has 3 rings (SSSR count). The van der Waals surface area contributed by atoms with E-state index in [4.69, 9.17) is 0 Å². The third-order valence-corrected chi connectivity index (χ3v) is 5.32. The maximum atomic E-state index is 14.0. The zero-order valence-electron chi connectivity index (χ0n) is 15.7. The molecule has 2 aromatic rings. The van der Waals surface area contributed by atoms with E-state index in [9.17, 15) is 9.50 Å². The van der Waals surface area contributed by atoms with Crippen LogP contribution in [0.3, 0.4) is 0 Å². The van der Waals surface area contributed by atoms with E-state index in [-0.39, 0.29) is 11.7 Å². The van der Waals surface area contributed by atoms with Crippen LogP contribution in [0.1, 0.15) is 36.8 Å². The average Bonchev–Trinajstić information content (AvgIpc) is 2.77. The van der Waals surface area contributed by atoms with Gasteiger partial charge < -0.3 is 10.0 Å². The minimum Gasteiger partial charge on any atom is -0.380 e. The molecule has 1 aliphatic carbocycles. The summed E-state index contributed by atoms with van der Waals surface area (Å²) in [4.78, 5) is 2.11. The molecule has 0 spiro atoms. The van der Waals surface area contributed by atoms with Gasteiger partial charge in [0.2, 0.25) is 0 Å². The van der Waals surface area contributed by atoms with Crippen molar-refractivity contribution in [1.29, 1.82) is 0 Å². The zero-order chi connectivity index (χ0) is 18.6. The minimum atomic E-state index is -1.15. The van der Waals surface area contributed by atoms with Gasteiger partial charge >= 0.3 is 0 Å². The standard InChI is InChI=1S/C23H28FNO/c1-25(2)17-21-12-7-6-11-19(15-18-9-4-3-5-10-18)23(21,26)20-13-8-14-22(24)16-20/h3-5,8-10,13-16,21,26H,6-7,11-12,17H2,1-2H3. The van der Waals surface area contributed by atoms with E-state index in [1.807, 2.05) is 50.5 Å². The lowest BCUT2D eigenvalue weighted by Gasteiger charge is -2.39. The molecule has 1 saturated carbocycles. The summed E-state index contributed by atoms with van der Waals surface area (Å²) in [6.45, 7) is 0.763. The first-order valence-corrected chi connectivity index (χ1v) is 9.39. The normalized spacial score (nSPS) is 25.4. The van der Waals surface area contributed by atoms with Gasteiger partial charge in [-0.2, -0.15) is 0 Å². The predicted molar refractivity (Wildman–Crippen MR) is 105 cm³/mol. The van der Waals surface area contributed by atoms with Crippen molar-refractivity contribution in [2.24, 2.45) is 5.92 Å². The Morgan fingerprint density at radius 2 is 1.88 bits per heavy atom. The first-order chi connectivity index (χ1) is 12.5. The van der Waals surface area contributed by atoms with Gasteiger partial charge in [-0.1, -0.05) is 55.0 Å². The fourth-order valence-corrected chi connectivity index (χ4v) is 4.11. The molecule has 2 nitrogen and oxygen atoms in total. The number of nitrogens with zero attached hydrogens (tertiary/aromatic N) is 1. The molecule has 0 bridgehead atoms. The van der Waals surface area contributed by atoms with Crippen molar-refractivity contribution >= 4 is 6.08 Å². The van der Waals surface area contributed by atoms with Gasteiger partial charge in [0.25, 0.3) is 0 Å². The maximum absolute atomic E-state index is 14.0. The Morgan fingerprint density at radius 1 is 1.12 bits per heavy atom. The molecule has 0 saturated heterocycles. The monoisotopic (exact) mass is 353 g/mol. The van der Waals surface area contributed by atoms with Crippen molar-refractivity contribution in [3.8, 4) is 0 Å². The first kappa shape index (κ1) is 18.8. The predicted octanol–water partition coefficient (Wildman–Crippen LogP) is 4.85. The fraction of sp³-hybridized carbons (Fsp3) is 0.391. The molecule has 2 aromatic carbocycles. The van der Waals surface area contributed by atoms with Crippen LogP contribution in [0, 0.1) is 11.7 Å². The van der Waals surface area contributed by atoms with E-state index in [0.29, 0.717) is 5.56 Å². The van der Waals surface area contributed by atoms with Gasteiger partial charge in [-0.15, -0.1) is 0 Å². The van der Waals surface area contributed by atoms with Crippen molar-refractivity contribution in [3.05, 3.63) is 77.1 Å². The van der Waals surface area contributed by atoms with Crippen LogP contribution in [0.15, 0.2) is 60.2 Å². The summed E-state index contributed by atoms with van der Waals surface area (Å²) in [7, 11) is 4.05. The molecule has 2 unspecified atom stereocenters. The number of halogens is 1. The van der Waals surface area contributed by atoms with Crippen molar-refractivity contribution in [2.75, 3.05) is 20.6 Å². The van der Waals surface area contributed by atoms with Crippen LogP contribution in [0.4, 0.5) is 4.39 Å². The number of rotatable bonds is 4. The van der Waals surface area contributed by atoms with Crippen molar-refractivity contribution in [3.63, 3.8) is 0 Å². The second kappa shape index (κ2) is 8.15. The molecular formula is C23H28FNO. The zero-order valence-corrected chi connectivity index (χ0v) is 15.7. The molecule has 0 radical (unpaired) electrons. The third-order valence-electron chi connectivity index (χ3n) is 5.32. The number of hydrogen-bond donors (Lipinski definition) is 1. The van der Waals surface area contributed by atoms with E-state index in [0.717, 1.165) is 43.4 Å². The van der Waals surface area contributed by atoms with Gasteiger partial charge in [0.05, 0.1) is 0 Å². The van der Waals surface area contributed by atoms with Gasteiger partial charge in [0.1, 0.15) is 11.4 Å². The Labute approximate surface area is 156 Å². The molecule has 0 heterocycles. The Morgan fingerprint density at radius 3 is 2.58 bits per heavy atom. The lowest BCUT2D eigenvalue weighted by Crippen LogP contribution is -2.41. The fourth-order valence-electron chi connectivity index (χ4n) is 4.11. The highest BCUT2D eigenvalue weighted by atomic mass is 19.1. The van der Waals surface area contributed by atoms with Crippen LogP contribution in [-0.4, -0.2) is 30.6 Å². The SMILES string of the molecule is CN(C)CC1CCCCC(=Cc2ccccc2)C1(O)c1cccc(F)c1. The molecule has 0 aromatic heterocycles. The number of benzene rings is 2. The molecule has 1 aliphatic rings. The summed E-state index contributed by atoms with van der Waals surface area (Å²) in [5.74, 6) is -0.278. The van der Waals surface area contributed by atoms with Crippen LogP contribution in [-0.2, 0) is 5.60 Å². The summed E-state index contributed by atoms with van der Waals surface area (Å²) in [5, 5.41) is 12.0. The minimum absolute atomic E-state index is 0.0248. The largest absolute Gasteiger partial charge is 0.380 e. The van der Waals surface area contributed by atoms with E-state index < -0.39 is 5.60 Å². The van der Waals surface area contributed by atoms with E-state index >= 15 is 0 Å². The summed E-state index contributed by atoms with van der Waals surface area (Å²) in [5.41, 5.74) is 1.56. The van der Waals surface area contributed by atoms with Crippen molar-refractivity contribution < 1.29 is 9.50 Å². The van der Waals surface area contributed by atoms with Crippen LogP contribution in [0.5, 0.6) is 0 Å². The Kier molecular flexibility index (Phi) is 5.90. The topological polar surface area (TPSA) is 23.5 Å². The third kappa shape index (κ3) is 4.05. The molecule has 3 heteroatoms. The van der Waals surface area contributed by atoms with Gasteiger partial charge in [-0.3, -0.25) is 0 Å². The van der Waals surface area contributed by atoms with E-state index in [1.54, 1.807) is 6.07 Å². The maximum Gasteiger partial charge on any atom is 0.123 e. The Hall–Kier alpha value is -1.97. The van der Waals surface area contributed by atoms with Crippen molar-refractivity contribution in [2.45, 2.75) is 31.3 Å². The van der Waals surface area contributed by atoms with Crippen LogP contribution >= 0.6 is 0 Å². The van der Waals surface area contributed by atoms with Gasteiger partial charge in [-0.05, 0) is 62.2 Å². The summed E-state index contributed by atoms with van der Waals surface area (Å²) >= 11 is 0. The smallest absolute Gasteiger partial charge is 0.123 e. The summed E-state index contributed by atoms with van der Waals surface area (Å²) in [6, 6.07) is 16.6. The molecule has 1 fully saturated rings. The van der Waals surface area contributed by atoms with Crippen molar-refractivity contribution in [1.82, 2.24) is 4.90 Å². The second-order valence-electron chi connectivity index (χ2n) is 7.56. The first-order valence-electron chi connectivity index (χ1n) is 9.39. The molecule has 0 aliphatic heterocycles. The van der Waals surface area contributed by atoms with Gasteiger partial charge in [-0.25, -0.2) is 4.39 Å². The van der Waals surface area contributed by atoms with E-state index in [2.05, 4.69) is 11.0 Å². The molecular weight excluding hydrogens is 325 g/mol. The average molecular weight is 353 g/mol. The van der Waals surface area contributed by atoms with Crippen LogP contribution in [0.25, 0.3) is 6.08 Å². The Balaban J connectivity index is 2.14. The molecule has 26 heavy (non-hydrogen) atoms. The molecule has 138 valence electrons. The molecule has 1 N–H and O–H groups in total. The highest BCUT2D eigenvalue weighted by Gasteiger charge is 2.43. The van der Waals surface area contributed by atoms with Crippen LogP contribution in [0.2, 0.25) is 0 Å².